The zero-order valence-corrected chi connectivity index (χ0v) is 12.6. The second kappa shape index (κ2) is 7.72. The lowest BCUT2D eigenvalue weighted by Gasteiger charge is -2.35. The van der Waals surface area contributed by atoms with Gasteiger partial charge in [0, 0.05) is 12.0 Å². The molecule has 4 heteroatoms. The fourth-order valence-electron chi connectivity index (χ4n) is 1.70. The molecule has 0 bridgehead atoms. The van der Waals surface area contributed by atoms with Gasteiger partial charge in [0.25, 0.3) is 0 Å². The van der Waals surface area contributed by atoms with Crippen molar-refractivity contribution in [3.05, 3.63) is 12.7 Å². The van der Waals surface area contributed by atoms with E-state index in [4.69, 9.17) is 0 Å². The molecule has 0 radical (unpaired) electrons. The van der Waals surface area contributed by atoms with Gasteiger partial charge in [-0.2, -0.15) is 0 Å². The molecule has 0 saturated carbocycles. The fraction of sp³-hybridized carbons (Fsp3) is 0.769. The summed E-state index contributed by atoms with van der Waals surface area (Å²) in [5.41, 5.74) is -0.0726. The number of carbonyl (C=O) groups excluding carboxylic acids is 1. The average Bonchev–Trinajstić information content (AvgIpc) is 2.23. The van der Waals surface area contributed by atoms with Gasteiger partial charge in [-0.1, -0.05) is 20.4 Å². The lowest BCUT2D eigenvalue weighted by Crippen LogP contribution is -3.00. The molecule has 17 heavy (non-hydrogen) atoms. The van der Waals surface area contributed by atoms with Gasteiger partial charge in [-0.05, 0) is 18.9 Å². The maximum absolute atomic E-state index is 11.4. The van der Waals surface area contributed by atoms with Crippen molar-refractivity contribution in [1.82, 2.24) is 5.32 Å². The van der Waals surface area contributed by atoms with Crippen LogP contribution in [0.5, 0.6) is 0 Å². The number of rotatable bonds is 7. The molecule has 0 unspecified atom stereocenters. The van der Waals surface area contributed by atoms with E-state index in [1.54, 1.807) is 0 Å². The van der Waals surface area contributed by atoms with Crippen molar-refractivity contribution in [2.75, 3.05) is 27.7 Å². The van der Waals surface area contributed by atoms with E-state index in [9.17, 15) is 4.79 Å². The van der Waals surface area contributed by atoms with Crippen LogP contribution in [0.4, 0.5) is 0 Å². The van der Waals surface area contributed by atoms with Crippen molar-refractivity contribution in [2.24, 2.45) is 0 Å². The van der Waals surface area contributed by atoms with E-state index < -0.39 is 0 Å². The molecule has 3 nitrogen and oxygen atoms in total. The van der Waals surface area contributed by atoms with Crippen molar-refractivity contribution >= 4 is 5.91 Å². The Morgan fingerprint density at radius 1 is 1.29 bits per heavy atom. The Hall–Kier alpha value is -0.540. The average molecular weight is 263 g/mol. The maximum atomic E-state index is 11.4. The molecule has 0 aromatic rings. The third-order valence-electron chi connectivity index (χ3n) is 3.19. The summed E-state index contributed by atoms with van der Waals surface area (Å²) in [6, 6.07) is 0. The molecule has 0 heterocycles. The van der Waals surface area contributed by atoms with Gasteiger partial charge >= 0.3 is 0 Å². The molecule has 0 fully saturated rings. The fourth-order valence-corrected chi connectivity index (χ4v) is 1.70. The monoisotopic (exact) mass is 262 g/mol. The van der Waals surface area contributed by atoms with Crippen LogP contribution in [0.25, 0.3) is 0 Å². The van der Waals surface area contributed by atoms with Gasteiger partial charge in [0.1, 0.15) is 0 Å². The quantitative estimate of drug-likeness (QED) is 0.460. The Bertz CT molecular complexity index is 242. The molecule has 0 spiro atoms. The topological polar surface area (TPSA) is 29.1 Å². The van der Waals surface area contributed by atoms with Crippen molar-refractivity contribution in [2.45, 2.75) is 38.6 Å². The number of halogens is 1. The molecule has 1 amide bonds. The molecule has 0 rings (SSSR count). The van der Waals surface area contributed by atoms with Crippen LogP contribution in [0.3, 0.4) is 0 Å². The minimum Gasteiger partial charge on any atom is -1.00 e. The van der Waals surface area contributed by atoms with E-state index in [-0.39, 0.29) is 23.9 Å². The minimum absolute atomic E-state index is 0. The van der Waals surface area contributed by atoms with Gasteiger partial charge in [0.05, 0.1) is 27.7 Å². The summed E-state index contributed by atoms with van der Waals surface area (Å²) < 4.78 is 0.922. The number of hydrogen-bond acceptors (Lipinski definition) is 1. The van der Waals surface area contributed by atoms with Crippen LogP contribution < -0.4 is 17.7 Å². The Kier molecular flexibility index (Phi) is 8.55. The molecule has 102 valence electrons. The van der Waals surface area contributed by atoms with Gasteiger partial charge in [0.2, 0.25) is 5.91 Å². The molecule has 0 aliphatic rings. The standard InChI is InChI=1S/C13H26N2O.ClH/c1-7-12(16)14-13(8-2,9-3)10-11-15(4,5)6;/h7H,1,8-11H2,2-6H3;1H. The summed E-state index contributed by atoms with van der Waals surface area (Å²) in [6.45, 7) is 8.82. The molecule has 0 saturated heterocycles. The highest BCUT2D eigenvalue weighted by atomic mass is 35.5. The predicted molar refractivity (Wildman–Crippen MR) is 69.2 cm³/mol. The first-order valence-corrected chi connectivity index (χ1v) is 6.03. The highest BCUT2D eigenvalue weighted by molar-refractivity contribution is 5.87. The summed E-state index contributed by atoms with van der Waals surface area (Å²) >= 11 is 0. The van der Waals surface area contributed by atoms with E-state index in [0.717, 1.165) is 30.3 Å². The summed E-state index contributed by atoms with van der Waals surface area (Å²) in [4.78, 5) is 11.4. The van der Waals surface area contributed by atoms with Crippen LogP contribution in [-0.4, -0.2) is 43.6 Å². The summed E-state index contributed by atoms with van der Waals surface area (Å²) in [5, 5.41) is 3.09. The maximum Gasteiger partial charge on any atom is 0.243 e. The van der Waals surface area contributed by atoms with Crippen LogP contribution in [0.2, 0.25) is 0 Å². The highest BCUT2D eigenvalue weighted by Gasteiger charge is 2.29. The Balaban J connectivity index is 0. The third-order valence-corrected chi connectivity index (χ3v) is 3.19. The second-order valence-electron chi connectivity index (χ2n) is 5.44. The number of nitrogens with one attached hydrogen (secondary N) is 1. The van der Waals surface area contributed by atoms with E-state index in [2.05, 4.69) is 46.9 Å². The first kappa shape index (κ1) is 18.8. The van der Waals surface area contributed by atoms with Gasteiger partial charge in [-0.25, -0.2) is 0 Å². The molecule has 0 aromatic heterocycles. The smallest absolute Gasteiger partial charge is 0.243 e. The predicted octanol–water partition coefficient (Wildman–Crippen LogP) is -1.05. The zero-order valence-electron chi connectivity index (χ0n) is 11.8. The number of quaternary nitrogens is 1. The first-order valence-electron chi connectivity index (χ1n) is 6.03. The van der Waals surface area contributed by atoms with E-state index >= 15 is 0 Å². The van der Waals surface area contributed by atoms with E-state index in [0.29, 0.717) is 0 Å². The van der Waals surface area contributed by atoms with E-state index in [1.807, 2.05) is 0 Å². The van der Waals surface area contributed by atoms with Crippen LogP contribution in [0.1, 0.15) is 33.1 Å². The highest BCUT2D eigenvalue weighted by Crippen LogP contribution is 2.20. The summed E-state index contributed by atoms with van der Waals surface area (Å²) in [6.07, 6.45) is 4.28. The Labute approximate surface area is 112 Å². The molecule has 0 aliphatic heterocycles. The Morgan fingerprint density at radius 3 is 2.06 bits per heavy atom. The van der Waals surface area contributed by atoms with Crippen molar-refractivity contribution < 1.29 is 21.7 Å². The lowest BCUT2D eigenvalue weighted by atomic mass is 9.88. The molecular formula is C13H27ClN2O. The number of amides is 1. The Morgan fingerprint density at radius 2 is 1.76 bits per heavy atom. The van der Waals surface area contributed by atoms with Crippen LogP contribution in [0.15, 0.2) is 12.7 Å². The van der Waals surface area contributed by atoms with Gasteiger partial charge in [-0.15, -0.1) is 0 Å². The normalized spacial score (nSPS) is 11.6. The number of carbonyl (C=O) groups is 1. The van der Waals surface area contributed by atoms with Gasteiger partial charge < -0.3 is 22.2 Å². The second-order valence-corrected chi connectivity index (χ2v) is 5.44. The summed E-state index contributed by atoms with van der Waals surface area (Å²) in [5.74, 6) is -0.0647. The van der Waals surface area contributed by atoms with Crippen LogP contribution in [0, 0.1) is 0 Å². The number of hydrogen-bond donors (Lipinski definition) is 1. The van der Waals surface area contributed by atoms with E-state index in [1.165, 1.54) is 6.08 Å². The zero-order chi connectivity index (χ0) is 12.8. The van der Waals surface area contributed by atoms with Crippen LogP contribution in [-0.2, 0) is 4.79 Å². The minimum atomic E-state index is -0.0726. The summed E-state index contributed by atoms with van der Waals surface area (Å²) in [7, 11) is 6.52. The third kappa shape index (κ3) is 7.40. The van der Waals surface area contributed by atoms with Crippen molar-refractivity contribution in [3.8, 4) is 0 Å². The number of nitrogens with zero attached hydrogens (tertiary/aromatic N) is 1. The SMILES string of the molecule is C=CC(=O)NC(CC)(CC)CC[N+](C)(C)C.[Cl-]. The lowest BCUT2D eigenvalue weighted by molar-refractivity contribution is -0.871. The van der Waals surface area contributed by atoms with Crippen molar-refractivity contribution in [1.29, 1.82) is 0 Å². The molecule has 1 N–H and O–H groups in total. The molecule has 0 aromatic carbocycles. The van der Waals surface area contributed by atoms with Gasteiger partial charge in [0.15, 0.2) is 0 Å². The largest absolute Gasteiger partial charge is 1.00 e. The van der Waals surface area contributed by atoms with Gasteiger partial charge in [-0.3, -0.25) is 4.79 Å². The molecular weight excluding hydrogens is 236 g/mol. The van der Waals surface area contributed by atoms with Crippen LogP contribution >= 0.6 is 0 Å². The van der Waals surface area contributed by atoms with Crippen molar-refractivity contribution in [3.63, 3.8) is 0 Å². The molecule has 0 atom stereocenters. The first-order chi connectivity index (χ1) is 7.28. The molecule has 0 aliphatic carbocycles.